The summed E-state index contributed by atoms with van der Waals surface area (Å²) < 4.78 is 0. The van der Waals surface area contributed by atoms with E-state index >= 15 is 0 Å². The first kappa shape index (κ1) is 17.3. The number of halogens is 2. The molecule has 0 spiro atoms. The summed E-state index contributed by atoms with van der Waals surface area (Å²) in [4.78, 5) is 0. The van der Waals surface area contributed by atoms with E-state index in [1.54, 1.807) is 0 Å². The van der Waals surface area contributed by atoms with Crippen molar-refractivity contribution in [1.82, 2.24) is 5.32 Å². The average Bonchev–Trinajstić information content (AvgIpc) is 2.56. The molecule has 0 saturated carbocycles. The maximum atomic E-state index is 11.6. The molecular weight excluding hydrogens is 317 g/mol. The maximum absolute atomic E-state index is 11.6. The third-order valence-corrected chi connectivity index (χ3v) is 4.56. The Hall–Kier alpha value is -1.06. The molecule has 3 rings (SSSR count). The quantitative estimate of drug-likeness (QED) is 0.882. The van der Waals surface area contributed by atoms with Crippen molar-refractivity contribution >= 4 is 24.0 Å². The summed E-state index contributed by atoms with van der Waals surface area (Å²) in [5.41, 5.74) is 0.788. The van der Waals surface area contributed by atoms with E-state index in [1.807, 2.05) is 54.6 Å². The minimum absolute atomic E-state index is 0. The van der Waals surface area contributed by atoms with Gasteiger partial charge in [0.15, 0.2) is 0 Å². The van der Waals surface area contributed by atoms with Gasteiger partial charge in [-0.15, -0.1) is 12.4 Å². The van der Waals surface area contributed by atoms with Crippen molar-refractivity contribution in [2.24, 2.45) is 0 Å². The summed E-state index contributed by atoms with van der Waals surface area (Å²) in [6.07, 6.45) is 3.27. The van der Waals surface area contributed by atoms with Gasteiger partial charge < -0.3 is 10.4 Å². The van der Waals surface area contributed by atoms with Gasteiger partial charge in [0.2, 0.25) is 0 Å². The highest BCUT2D eigenvalue weighted by Crippen LogP contribution is 2.36. The fraction of sp³-hybridized carbons (Fsp3) is 0.333. The van der Waals surface area contributed by atoms with Gasteiger partial charge >= 0.3 is 0 Å². The fourth-order valence-corrected chi connectivity index (χ4v) is 3.30. The van der Waals surface area contributed by atoms with Gasteiger partial charge in [-0.2, -0.15) is 0 Å². The number of benzene rings is 2. The molecule has 2 nitrogen and oxygen atoms in total. The summed E-state index contributed by atoms with van der Waals surface area (Å²) in [6.45, 7) is 0.952. The lowest BCUT2D eigenvalue weighted by Crippen LogP contribution is -2.51. The zero-order chi connectivity index (χ0) is 14.7. The van der Waals surface area contributed by atoms with Crippen LogP contribution in [0.1, 0.15) is 30.4 Å². The predicted octanol–water partition coefficient (Wildman–Crippen LogP) is 4.14. The van der Waals surface area contributed by atoms with E-state index in [0.717, 1.165) is 30.5 Å². The van der Waals surface area contributed by atoms with E-state index in [1.165, 1.54) is 6.42 Å². The summed E-state index contributed by atoms with van der Waals surface area (Å²) in [5, 5.41) is 15.7. The van der Waals surface area contributed by atoms with Crippen molar-refractivity contribution < 1.29 is 5.11 Å². The number of hydrogen-bond donors (Lipinski definition) is 2. The second-order valence-electron chi connectivity index (χ2n) is 5.64. The Balaban J connectivity index is 0.00000176. The first-order chi connectivity index (χ1) is 10.2. The van der Waals surface area contributed by atoms with Gasteiger partial charge in [-0.1, -0.05) is 60.5 Å². The van der Waals surface area contributed by atoms with Gasteiger partial charge in [-0.25, -0.2) is 0 Å². The number of nitrogens with one attached hydrogen (secondary N) is 1. The van der Waals surface area contributed by atoms with Crippen molar-refractivity contribution in [3.8, 4) is 0 Å². The third kappa shape index (κ3) is 3.31. The standard InChI is InChI=1S/C18H20ClNO.ClH/c19-16-11-9-15(10-12-16)18(21,14-6-2-1-3-7-14)17-8-4-5-13-20-17;/h1-3,6-7,9-12,17,20-21H,4-5,8,13H2;1H. The third-order valence-electron chi connectivity index (χ3n) is 4.31. The van der Waals surface area contributed by atoms with Crippen LogP contribution in [0.25, 0.3) is 0 Å². The highest BCUT2D eigenvalue weighted by Gasteiger charge is 2.40. The van der Waals surface area contributed by atoms with Gasteiger partial charge in [0.25, 0.3) is 0 Å². The molecule has 1 aliphatic heterocycles. The minimum atomic E-state index is -1.02. The molecule has 22 heavy (non-hydrogen) atoms. The Morgan fingerprint density at radius 3 is 2.18 bits per heavy atom. The molecule has 0 aliphatic carbocycles. The molecule has 1 aliphatic rings. The number of rotatable bonds is 3. The fourth-order valence-electron chi connectivity index (χ4n) is 3.17. The zero-order valence-corrected chi connectivity index (χ0v) is 13.9. The first-order valence-corrected chi connectivity index (χ1v) is 7.86. The van der Waals surface area contributed by atoms with E-state index in [4.69, 9.17) is 11.6 Å². The minimum Gasteiger partial charge on any atom is -0.379 e. The van der Waals surface area contributed by atoms with Crippen LogP contribution in [-0.2, 0) is 5.60 Å². The molecular formula is C18H21Cl2NO. The van der Waals surface area contributed by atoms with Crippen molar-refractivity contribution in [3.63, 3.8) is 0 Å². The molecule has 0 radical (unpaired) electrons. The van der Waals surface area contributed by atoms with Crippen LogP contribution in [0.15, 0.2) is 54.6 Å². The molecule has 2 atom stereocenters. The van der Waals surface area contributed by atoms with Gasteiger partial charge in [0, 0.05) is 11.1 Å². The molecule has 2 aromatic rings. The van der Waals surface area contributed by atoms with Crippen LogP contribution in [-0.4, -0.2) is 17.7 Å². The molecule has 0 bridgehead atoms. The van der Waals surface area contributed by atoms with E-state index < -0.39 is 5.60 Å². The van der Waals surface area contributed by atoms with Crippen LogP contribution in [0.5, 0.6) is 0 Å². The molecule has 1 saturated heterocycles. The van der Waals surface area contributed by atoms with Crippen LogP contribution >= 0.6 is 24.0 Å². The van der Waals surface area contributed by atoms with Crippen LogP contribution in [0, 0.1) is 0 Å². The zero-order valence-electron chi connectivity index (χ0n) is 12.3. The average molecular weight is 338 g/mol. The molecule has 0 aromatic heterocycles. The SMILES string of the molecule is Cl.OC(c1ccccc1)(c1ccc(Cl)cc1)C1CCCCN1. The van der Waals surface area contributed by atoms with Gasteiger partial charge in [-0.3, -0.25) is 0 Å². The monoisotopic (exact) mass is 337 g/mol. The predicted molar refractivity (Wildman–Crippen MR) is 93.8 cm³/mol. The van der Waals surface area contributed by atoms with Crippen LogP contribution in [0.4, 0.5) is 0 Å². The summed E-state index contributed by atoms with van der Waals surface area (Å²) in [6, 6.07) is 17.4. The highest BCUT2D eigenvalue weighted by molar-refractivity contribution is 6.30. The summed E-state index contributed by atoms with van der Waals surface area (Å²) in [5.74, 6) is 0. The Labute approximate surface area is 142 Å². The lowest BCUT2D eigenvalue weighted by molar-refractivity contribution is 0.0268. The van der Waals surface area contributed by atoms with E-state index in [0.29, 0.717) is 5.02 Å². The van der Waals surface area contributed by atoms with E-state index in [9.17, 15) is 5.11 Å². The van der Waals surface area contributed by atoms with Crippen molar-refractivity contribution in [2.45, 2.75) is 30.9 Å². The lowest BCUT2D eigenvalue weighted by atomic mass is 9.77. The topological polar surface area (TPSA) is 32.3 Å². The van der Waals surface area contributed by atoms with Crippen molar-refractivity contribution in [3.05, 3.63) is 70.7 Å². The normalized spacial score (nSPS) is 20.7. The van der Waals surface area contributed by atoms with Gasteiger partial charge in [-0.05, 0) is 42.6 Å². The number of aliphatic hydroxyl groups is 1. The molecule has 1 fully saturated rings. The van der Waals surface area contributed by atoms with Crippen LogP contribution in [0.3, 0.4) is 0 Å². The Kier molecular flexibility index (Phi) is 5.87. The molecule has 2 N–H and O–H groups in total. The van der Waals surface area contributed by atoms with Crippen LogP contribution in [0.2, 0.25) is 5.02 Å². The van der Waals surface area contributed by atoms with E-state index in [-0.39, 0.29) is 18.4 Å². The maximum Gasteiger partial charge on any atom is 0.130 e. The number of piperidine rings is 1. The van der Waals surface area contributed by atoms with Crippen LogP contribution < -0.4 is 5.32 Å². The molecule has 1 heterocycles. The van der Waals surface area contributed by atoms with Crippen molar-refractivity contribution in [1.29, 1.82) is 0 Å². The van der Waals surface area contributed by atoms with Gasteiger partial charge in [0.1, 0.15) is 5.60 Å². The smallest absolute Gasteiger partial charge is 0.130 e. The summed E-state index contributed by atoms with van der Waals surface area (Å²) >= 11 is 6.00. The lowest BCUT2D eigenvalue weighted by Gasteiger charge is -2.40. The van der Waals surface area contributed by atoms with E-state index in [2.05, 4.69) is 5.32 Å². The number of hydrogen-bond acceptors (Lipinski definition) is 2. The molecule has 2 unspecified atom stereocenters. The first-order valence-electron chi connectivity index (χ1n) is 7.48. The second-order valence-corrected chi connectivity index (χ2v) is 6.08. The Morgan fingerprint density at radius 1 is 0.955 bits per heavy atom. The second kappa shape index (κ2) is 7.47. The highest BCUT2D eigenvalue weighted by atomic mass is 35.5. The van der Waals surface area contributed by atoms with Crippen molar-refractivity contribution in [2.75, 3.05) is 6.54 Å². The molecule has 4 heteroatoms. The Bertz CT molecular complexity index is 582. The molecule has 118 valence electrons. The molecule has 0 amide bonds. The Morgan fingerprint density at radius 2 is 1.59 bits per heavy atom. The summed E-state index contributed by atoms with van der Waals surface area (Å²) in [7, 11) is 0. The molecule has 2 aromatic carbocycles. The largest absolute Gasteiger partial charge is 0.379 e. The van der Waals surface area contributed by atoms with Gasteiger partial charge in [0.05, 0.1) is 0 Å².